The van der Waals surface area contributed by atoms with Crippen LogP contribution < -0.4 is 4.72 Å². The molecule has 0 atom stereocenters. The lowest BCUT2D eigenvalue weighted by Gasteiger charge is -2.12. The van der Waals surface area contributed by atoms with Crippen LogP contribution in [0.5, 0.6) is 0 Å². The summed E-state index contributed by atoms with van der Waals surface area (Å²) in [6, 6.07) is 5.50. The average molecular weight is 329 g/mol. The number of nitrogens with zero attached hydrogens (tertiary/aromatic N) is 2. The molecule has 0 fully saturated rings. The second kappa shape index (κ2) is 5.69. The molecule has 0 saturated carbocycles. The van der Waals surface area contributed by atoms with Gasteiger partial charge in [-0.3, -0.25) is 4.72 Å². The number of anilines is 1. The maximum Gasteiger partial charge on any atom is 0.238 e. The van der Waals surface area contributed by atoms with Crippen molar-refractivity contribution in [3.8, 4) is 0 Å². The van der Waals surface area contributed by atoms with Crippen LogP contribution in [0.25, 0.3) is 0 Å². The zero-order valence-corrected chi connectivity index (χ0v) is 13.6. The number of halogens is 1. The predicted octanol–water partition coefficient (Wildman–Crippen LogP) is 2.92. The largest absolute Gasteiger partial charge is 0.257 e. The summed E-state index contributed by atoms with van der Waals surface area (Å²) >= 11 is 1.19. The van der Waals surface area contributed by atoms with Gasteiger partial charge in [-0.25, -0.2) is 12.8 Å². The summed E-state index contributed by atoms with van der Waals surface area (Å²) in [5, 5.41) is 8.77. The molecule has 2 rings (SSSR count). The van der Waals surface area contributed by atoms with E-state index in [1.807, 2.05) is 20.8 Å². The van der Waals surface area contributed by atoms with Gasteiger partial charge >= 0.3 is 0 Å². The molecule has 21 heavy (non-hydrogen) atoms. The van der Waals surface area contributed by atoms with E-state index in [0.29, 0.717) is 5.56 Å². The molecule has 5 nitrogen and oxygen atoms in total. The predicted molar refractivity (Wildman–Crippen MR) is 81.3 cm³/mol. The number of aromatic nitrogens is 2. The van der Waals surface area contributed by atoms with E-state index in [4.69, 9.17) is 0 Å². The molecule has 1 N–H and O–H groups in total. The van der Waals surface area contributed by atoms with Gasteiger partial charge in [0.15, 0.2) is 0 Å². The van der Waals surface area contributed by atoms with Crippen molar-refractivity contribution in [3.63, 3.8) is 0 Å². The molecule has 0 spiro atoms. The van der Waals surface area contributed by atoms with Crippen molar-refractivity contribution in [1.29, 1.82) is 0 Å². The summed E-state index contributed by atoms with van der Waals surface area (Å²) < 4.78 is 39.5. The first kappa shape index (κ1) is 15.8. The summed E-state index contributed by atoms with van der Waals surface area (Å²) in [6.07, 6.45) is 0. The van der Waals surface area contributed by atoms with Crippen LogP contribution in [-0.4, -0.2) is 18.6 Å². The van der Waals surface area contributed by atoms with Crippen molar-refractivity contribution in [2.24, 2.45) is 0 Å². The molecule has 0 bridgehead atoms. The highest BCUT2D eigenvalue weighted by Crippen LogP contribution is 2.28. The van der Waals surface area contributed by atoms with Gasteiger partial charge in [0.1, 0.15) is 10.8 Å². The molecule has 0 aliphatic heterocycles. The Kier molecular flexibility index (Phi) is 4.29. The van der Waals surface area contributed by atoms with Crippen LogP contribution in [0, 0.1) is 5.82 Å². The third-order valence-corrected chi connectivity index (χ3v) is 5.17. The SMILES string of the molecule is CC(C)(C)c1nnc(NS(=O)(=O)Cc2cccc(F)c2)s1. The molecule has 8 heteroatoms. The summed E-state index contributed by atoms with van der Waals surface area (Å²) in [5.41, 5.74) is 0.187. The Hall–Kier alpha value is -1.54. The summed E-state index contributed by atoms with van der Waals surface area (Å²) in [7, 11) is -3.65. The van der Waals surface area contributed by atoms with E-state index < -0.39 is 15.8 Å². The van der Waals surface area contributed by atoms with Crippen molar-refractivity contribution >= 4 is 26.5 Å². The van der Waals surface area contributed by atoms with Gasteiger partial charge in [-0.1, -0.05) is 44.2 Å². The average Bonchev–Trinajstić information content (AvgIpc) is 2.75. The molecule has 1 heterocycles. The Morgan fingerprint density at radius 1 is 1.29 bits per heavy atom. The minimum Gasteiger partial charge on any atom is -0.257 e. The number of benzene rings is 1. The van der Waals surface area contributed by atoms with E-state index in [0.717, 1.165) is 5.01 Å². The van der Waals surface area contributed by atoms with Crippen molar-refractivity contribution in [1.82, 2.24) is 10.2 Å². The Bertz CT molecular complexity index is 736. The van der Waals surface area contributed by atoms with E-state index >= 15 is 0 Å². The van der Waals surface area contributed by atoms with Crippen LogP contribution in [0.3, 0.4) is 0 Å². The van der Waals surface area contributed by atoms with Crippen LogP contribution >= 0.6 is 11.3 Å². The molecule has 0 aliphatic carbocycles. The molecule has 2 aromatic rings. The molecule has 1 aromatic heterocycles. The number of nitrogens with one attached hydrogen (secondary N) is 1. The van der Waals surface area contributed by atoms with Gasteiger partial charge in [0.05, 0.1) is 5.75 Å². The Morgan fingerprint density at radius 2 is 2.00 bits per heavy atom. The maximum atomic E-state index is 13.1. The topological polar surface area (TPSA) is 72.0 Å². The van der Waals surface area contributed by atoms with Crippen molar-refractivity contribution in [2.75, 3.05) is 4.72 Å². The van der Waals surface area contributed by atoms with E-state index in [1.54, 1.807) is 6.07 Å². The second-order valence-corrected chi connectivity index (χ2v) is 8.35. The highest BCUT2D eigenvalue weighted by molar-refractivity contribution is 7.92. The Labute approximate surface area is 127 Å². The maximum absolute atomic E-state index is 13.1. The van der Waals surface area contributed by atoms with Crippen molar-refractivity contribution in [2.45, 2.75) is 31.9 Å². The lowest BCUT2D eigenvalue weighted by molar-refractivity contribution is 0.578. The molecular weight excluding hydrogens is 313 g/mol. The normalized spacial score (nSPS) is 12.4. The second-order valence-electron chi connectivity index (χ2n) is 5.65. The lowest BCUT2D eigenvalue weighted by atomic mass is 9.98. The van der Waals surface area contributed by atoms with Crippen LogP contribution in [0.15, 0.2) is 24.3 Å². The fourth-order valence-corrected chi connectivity index (χ4v) is 3.78. The standard InChI is InChI=1S/C13H16FN3O2S2/c1-13(2,3)11-15-16-12(20-11)17-21(18,19)8-9-5-4-6-10(14)7-9/h4-7H,8H2,1-3H3,(H,16,17). The van der Waals surface area contributed by atoms with Gasteiger partial charge in [-0.15, -0.1) is 10.2 Å². The lowest BCUT2D eigenvalue weighted by Crippen LogP contribution is -2.15. The van der Waals surface area contributed by atoms with Crippen LogP contribution in [0.2, 0.25) is 0 Å². The Balaban J connectivity index is 2.13. The third kappa shape index (κ3) is 4.47. The molecule has 1 aromatic carbocycles. The van der Waals surface area contributed by atoms with E-state index in [-0.39, 0.29) is 16.3 Å². The number of sulfonamides is 1. The minimum absolute atomic E-state index is 0.191. The number of rotatable bonds is 4. The summed E-state index contributed by atoms with van der Waals surface area (Å²) in [6.45, 7) is 5.91. The smallest absolute Gasteiger partial charge is 0.238 e. The molecule has 0 aliphatic rings. The first-order chi connectivity index (χ1) is 9.66. The third-order valence-electron chi connectivity index (χ3n) is 2.56. The van der Waals surface area contributed by atoms with Gasteiger partial charge in [-0.05, 0) is 17.7 Å². The quantitative estimate of drug-likeness (QED) is 0.936. The molecule has 0 radical (unpaired) electrons. The Morgan fingerprint density at radius 3 is 2.57 bits per heavy atom. The first-order valence-electron chi connectivity index (χ1n) is 6.25. The van der Waals surface area contributed by atoms with Crippen molar-refractivity contribution in [3.05, 3.63) is 40.7 Å². The van der Waals surface area contributed by atoms with E-state index in [9.17, 15) is 12.8 Å². The molecule has 114 valence electrons. The van der Waals surface area contributed by atoms with Gasteiger partial charge < -0.3 is 0 Å². The van der Waals surface area contributed by atoms with Crippen LogP contribution in [-0.2, 0) is 21.2 Å². The summed E-state index contributed by atoms with van der Waals surface area (Å²) in [5.74, 6) is -0.775. The fourth-order valence-electron chi connectivity index (χ4n) is 1.58. The van der Waals surface area contributed by atoms with E-state index in [1.165, 1.54) is 29.5 Å². The molecular formula is C13H16FN3O2S2. The highest BCUT2D eigenvalue weighted by Gasteiger charge is 2.21. The van der Waals surface area contributed by atoms with Crippen LogP contribution in [0.4, 0.5) is 9.52 Å². The van der Waals surface area contributed by atoms with Crippen LogP contribution in [0.1, 0.15) is 31.3 Å². The monoisotopic (exact) mass is 329 g/mol. The number of hydrogen-bond acceptors (Lipinski definition) is 5. The molecule has 0 saturated heterocycles. The molecule has 0 amide bonds. The van der Waals surface area contributed by atoms with Crippen molar-refractivity contribution < 1.29 is 12.8 Å². The van der Waals surface area contributed by atoms with Gasteiger partial charge in [0.25, 0.3) is 0 Å². The summed E-state index contributed by atoms with van der Waals surface area (Å²) in [4.78, 5) is 0. The zero-order chi connectivity index (χ0) is 15.7. The highest BCUT2D eigenvalue weighted by atomic mass is 32.2. The van der Waals surface area contributed by atoms with Gasteiger partial charge in [-0.2, -0.15) is 0 Å². The van der Waals surface area contributed by atoms with Gasteiger partial charge in [0.2, 0.25) is 15.2 Å². The zero-order valence-electron chi connectivity index (χ0n) is 11.9. The minimum atomic E-state index is -3.65. The van der Waals surface area contributed by atoms with E-state index in [2.05, 4.69) is 14.9 Å². The number of hydrogen-bond donors (Lipinski definition) is 1. The molecule has 0 unspecified atom stereocenters. The van der Waals surface area contributed by atoms with Gasteiger partial charge in [0, 0.05) is 5.41 Å². The first-order valence-corrected chi connectivity index (χ1v) is 8.71. The fraction of sp³-hybridized carbons (Fsp3) is 0.385.